The highest BCUT2D eigenvalue weighted by atomic mass is 35.5. The van der Waals surface area contributed by atoms with Gasteiger partial charge in [0.15, 0.2) is 6.61 Å². The van der Waals surface area contributed by atoms with E-state index in [1.165, 1.54) is 0 Å². The van der Waals surface area contributed by atoms with E-state index >= 15 is 0 Å². The molecule has 5 nitrogen and oxygen atoms in total. The first-order valence-corrected chi connectivity index (χ1v) is 13.1. The van der Waals surface area contributed by atoms with Crippen molar-refractivity contribution in [1.29, 1.82) is 0 Å². The molecule has 0 aliphatic carbocycles. The van der Waals surface area contributed by atoms with Crippen molar-refractivity contribution in [3.8, 4) is 5.75 Å². The molecular weight excluding hydrogens is 507 g/mol. The molecule has 1 N–H and O–H groups in total. The third-order valence-electron chi connectivity index (χ3n) is 5.87. The van der Waals surface area contributed by atoms with Gasteiger partial charge in [-0.3, -0.25) is 9.59 Å². The van der Waals surface area contributed by atoms with Gasteiger partial charge in [0, 0.05) is 29.6 Å². The summed E-state index contributed by atoms with van der Waals surface area (Å²) < 4.78 is 5.90. The summed E-state index contributed by atoms with van der Waals surface area (Å²) >= 11 is 12.6. The fourth-order valence-electron chi connectivity index (χ4n) is 4.05. The van der Waals surface area contributed by atoms with Crippen molar-refractivity contribution < 1.29 is 14.3 Å². The standard InChI is InChI=1S/C30H34Cl2N2O3/c1-20(2)17-33-30(36)28(15-23-8-6-5-7-9-23)34(18-24-10-11-25(31)16-27(24)32)29(35)19-37-26-13-21(3)12-22(4)14-26/h5-14,16,20,28H,15,17-19H2,1-4H3,(H,33,36). The molecule has 1 unspecified atom stereocenters. The molecule has 0 aliphatic heterocycles. The van der Waals surface area contributed by atoms with Gasteiger partial charge in [-0.1, -0.05) is 79.5 Å². The van der Waals surface area contributed by atoms with Crippen LogP contribution in [0.1, 0.15) is 36.1 Å². The summed E-state index contributed by atoms with van der Waals surface area (Å²) in [5.74, 6) is 0.344. The van der Waals surface area contributed by atoms with Crippen LogP contribution in [-0.4, -0.2) is 35.9 Å². The quantitative estimate of drug-likeness (QED) is 0.306. The molecule has 0 bridgehead atoms. The summed E-state index contributed by atoms with van der Waals surface area (Å²) in [5.41, 5.74) is 3.73. The number of ether oxygens (including phenoxy) is 1. The van der Waals surface area contributed by atoms with Gasteiger partial charge in [-0.2, -0.15) is 0 Å². The molecule has 0 aromatic heterocycles. The zero-order valence-corrected chi connectivity index (χ0v) is 23.3. The zero-order valence-electron chi connectivity index (χ0n) is 21.8. The number of nitrogens with zero attached hydrogens (tertiary/aromatic N) is 1. The zero-order chi connectivity index (χ0) is 26.9. The maximum atomic E-state index is 13.7. The first-order chi connectivity index (χ1) is 17.6. The van der Waals surface area contributed by atoms with Gasteiger partial charge >= 0.3 is 0 Å². The lowest BCUT2D eigenvalue weighted by molar-refractivity contribution is -0.142. The fourth-order valence-corrected chi connectivity index (χ4v) is 4.52. The van der Waals surface area contributed by atoms with E-state index in [0.717, 1.165) is 16.7 Å². The molecule has 0 saturated carbocycles. The second-order valence-corrected chi connectivity index (χ2v) is 10.6. The van der Waals surface area contributed by atoms with Crippen LogP contribution in [0, 0.1) is 19.8 Å². The Labute approximate surface area is 229 Å². The minimum atomic E-state index is -0.761. The number of amides is 2. The second kappa shape index (κ2) is 13.5. The van der Waals surface area contributed by atoms with Gasteiger partial charge in [-0.25, -0.2) is 0 Å². The Kier molecular flexibility index (Phi) is 10.4. The monoisotopic (exact) mass is 540 g/mol. The van der Waals surface area contributed by atoms with Gasteiger partial charge in [0.25, 0.3) is 5.91 Å². The van der Waals surface area contributed by atoms with Crippen LogP contribution in [0.5, 0.6) is 5.75 Å². The van der Waals surface area contributed by atoms with E-state index < -0.39 is 6.04 Å². The summed E-state index contributed by atoms with van der Waals surface area (Å²) in [4.78, 5) is 28.7. The normalized spacial score (nSPS) is 11.8. The third kappa shape index (κ3) is 8.80. The van der Waals surface area contributed by atoms with Gasteiger partial charge in [0.05, 0.1) is 0 Å². The SMILES string of the molecule is Cc1cc(C)cc(OCC(=O)N(Cc2ccc(Cl)cc2Cl)C(Cc2ccccc2)C(=O)NCC(C)C)c1. The number of benzene rings is 3. The van der Waals surface area contributed by atoms with Crippen molar-refractivity contribution in [3.63, 3.8) is 0 Å². The van der Waals surface area contributed by atoms with Gasteiger partial charge in [0.1, 0.15) is 11.8 Å². The molecule has 2 amide bonds. The third-order valence-corrected chi connectivity index (χ3v) is 6.46. The minimum Gasteiger partial charge on any atom is -0.484 e. The van der Waals surface area contributed by atoms with E-state index in [1.54, 1.807) is 23.1 Å². The van der Waals surface area contributed by atoms with Gasteiger partial charge in [-0.05, 0) is 66.3 Å². The summed E-state index contributed by atoms with van der Waals surface area (Å²) in [6.45, 7) is 8.44. The second-order valence-electron chi connectivity index (χ2n) is 9.71. The van der Waals surface area contributed by atoms with Crippen molar-refractivity contribution in [2.75, 3.05) is 13.2 Å². The molecule has 7 heteroatoms. The fraction of sp³-hybridized carbons (Fsp3) is 0.333. The molecule has 1 atom stereocenters. The molecular formula is C30H34Cl2N2O3. The summed E-state index contributed by atoms with van der Waals surface area (Å²) in [7, 11) is 0. The maximum Gasteiger partial charge on any atom is 0.261 e. The van der Waals surface area contributed by atoms with Crippen molar-refractivity contribution in [2.45, 2.75) is 46.7 Å². The Hall–Kier alpha value is -3.02. The van der Waals surface area contributed by atoms with Crippen LogP contribution in [0.3, 0.4) is 0 Å². The van der Waals surface area contributed by atoms with Crippen LogP contribution >= 0.6 is 23.2 Å². The van der Waals surface area contributed by atoms with E-state index in [0.29, 0.717) is 34.3 Å². The highest BCUT2D eigenvalue weighted by Gasteiger charge is 2.31. The number of carbonyl (C=O) groups is 2. The summed E-state index contributed by atoms with van der Waals surface area (Å²) in [6, 6.07) is 19.9. The van der Waals surface area contributed by atoms with Crippen molar-refractivity contribution in [2.24, 2.45) is 5.92 Å². The molecule has 0 heterocycles. The number of carbonyl (C=O) groups excluding carboxylic acids is 2. The average molecular weight is 542 g/mol. The van der Waals surface area contributed by atoms with Crippen LogP contribution in [0.4, 0.5) is 0 Å². The van der Waals surface area contributed by atoms with Crippen molar-refractivity contribution in [1.82, 2.24) is 10.2 Å². The van der Waals surface area contributed by atoms with Crippen LogP contribution in [0.25, 0.3) is 0 Å². The minimum absolute atomic E-state index is 0.137. The predicted octanol–water partition coefficient (Wildman–Crippen LogP) is 6.40. The number of rotatable bonds is 11. The van der Waals surface area contributed by atoms with Gasteiger partial charge in [0.2, 0.25) is 5.91 Å². The highest BCUT2D eigenvalue weighted by molar-refractivity contribution is 6.35. The lowest BCUT2D eigenvalue weighted by atomic mass is 10.0. The van der Waals surface area contributed by atoms with E-state index in [4.69, 9.17) is 27.9 Å². The van der Waals surface area contributed by atoms with E-state index in [9.17, 15) is 9.59 Å². The van der Waals surface area contributed by atoms with Crippen LogP contribution < -0.4 is 10.1 Å². The molecule has 0 saturated heterocycles. The van der Waals surface area contributed by atoms with Crippen molar-refractivity contribution >= 4 is 35.0 Å². The molecule has 37 heavy (non-hydrogen) atoms. The number of hydrogen-bond donors (Lipinski definition) is 1. The van der Waals surface area contributed by atoms with Gasteiger partial charge in [-0.15, -0.1) is 0 Å². The Balaban J connectivity index is 1.94. The lowest BCUT2D eigenvalue weighted by Gasteiger charge is -2.32. The number of hydrogen-bond acceptors (Lipinski definition) is 3. The van der Waals surface area contributed by atoms with Crippen LogP contribution in [0.15, 0.2) is 66.7 Å². The first kappa shape index (κ1) is 28.5. The van der Waals surface area contributed by atoms with Gasteiger partial charge < -0.3 is 15.0 Å². The maximum absolute atomic E-state index is 13.7. The number of nitrogens with one attached hydrogen (secondary N) is 1. The molecule has 3 rings (SSSR count). The predicted molar refractivity (Wildman–Crippen MR) is 150 cm³/mol. The highest BCUT2D eigenvalue weighted by Crippen LogP contribution is 2.24. The topological polar surface area (TPSA) is 58.6 Å². The Morgan fingerprint density at radius 3 is 2.24 bits per heavy atom. The number of halogens is 2. The van der Waals surface area contributed by atoms with Crippen molar-refractivity contribution in [3.05, 3.63) is 99.0 Å². The number of aryl methyl sites for hydroxylation is 2. The smallest absolute Gasteiger partial charge is 0.261 e. The summed E-state index contributed by atoms with van der Waals surface area (Å²) in [6.07, 6.45) is 0.352. The molecule has 196 valence electrons. The Morgan fingerprint density at radius 1 is 0.946 bits per heavy atom. The molecule has 0 spiro atoms. The molecule has 3 aromatic carbocycles. The largest absolute Gasteiger partial charge is 0.484 e. The van der Waals surface area contributed by atoms with Crippen LogP contribution in [-0.2, 0) is 22.6 Å². The lowest BCUT2D eigenvalue weighted by Crippen LogP contribution is -2.52. The van der Waals surface area contributed by atoms with E-state index in [2.05, 4.69) is 5.32 Å². The molecule has 0 fully saturated rings. The average Bonchev–Trinajstić information content (AvgIpc) is 2.84. The molecule has 0 radical (unpaired) electrons. The summed E-state index contributed by atoms with van der Waals surface area (Å²) in [5, 5.41) is 3.94. The molecule has 0 aliphatic rings. The first-order valence-electron chi connectivity index (χ1n) is 12.4. The Morgan fingerprint density at radius 2 is 1.62 bits per heavy atom. The van der Waals surface area contributed by atoms with Crippen LogP contribution in [0.2, 0.25) is 10.0 Å². The molecule has 3 aromatic rings. The Bertz CT molecular complexity index is 1190. The van der Waals surface area contributed by atoms with E-state index in [-0.39, 0.29) is 30.9 Å². The van der Waals surface area contributed by atoms with E-state index in [1.807, 2.05) is 76.2 Å².